The molecule has 2 heterocycles. The lowest BCUT2D eigenvalue weighted by atomic mass is 10.2. The zero-order chi connectivity index (χ0) is 17.6. The van der Waals surface area contributed by atoms with E-state index in [1.165, 1.54) is 12.3 Å². The van der Waals surface area contributed by atoms with Crippen LogP contribution in [0.1, 0.15) is 16.9 Å². The van der Waals surface area contributed by atoms with Crippen molar-refractivity contribution in [2.45, 2.75) is 18.6 Å². The van der Waals surface area contributed by atoms with Crippen LogP contribution in [0.25, 0.3) is 0 Å². The Morgan fingerprint density at radius 3 is 3.00 bits per heavy atom. The second-order valence-corrected chi connectivity index (χ2v) is 6.01. The highest BCUT2D eigenvalue weighted by Crippen LogP contribution is 2.16. The fraction of sp³-hybridized carbons (Fsp3) is 0.412. The van der Waals surface area contributed by atoms with Crippen LogP contribution in [0.5, 0.6) is 5.75 Å². The molecule has 0 saturated carbocycles. The minimum Gasteiger partial charge on any atom is -0.490 e. The van der Waals surface area contributed by atoms with E-state index >= 15 is 0 Å². The van der Waals surface area contributed by atoms with E-state index in [2.05, 4.69) is 15.5 Å². The van der Waals surface area contributed by atoms with E-state index in [-0.39, 0.29) is 23.5 Å². The number of rotatable bonds is 7. The van der Waals surface area contributed by atoms with Gasteiger partial charge in [-0.05, 0) is 24.6 Å². The molecule has 25 heavy (non-hydrogen) atoms. The maximum atomic E-state index is 13.4. The molecule has 0 aliphatic carbocycles. The Labute approximate surface area is 144 Å². The summed E-state index contributed by atoms with van der Waals surface area (Å²) in [5, 5.41) is 19.2. The Balaban J connectivity index is 1.40. The Morgan fingerprint density at radius 2 is 2.24 bits per heavy atom. The van der Waals surface area contributed by atoms with Crippen molar-refractivity contribution in [3.05, 3.63) is 48.0 Å². The monoisotopic (exact) mass is 348 g/mol. The van der Waals surface area contributed by atoms with Crippen molar-refractivity contribution in [2.75, 3.05) is 26.2 Å². The summed E-state index contributed by atoms with van der Waals surface area (Å²) >= 11 is 0. The molecule has 1 saturated heterocycles. The van der Waals surface area contributed by atoms with Gasteiger partial charge in [-0.3, -0.25) is 14.8 Å². The molecule has 2 aromatic rings. The normalized spacial score (nSPS) is 20.6. The van der Waals surface area contributed by atoms with Gasteiger partial charge in [-0.1, -0.05) is 12.1 Å². The van der Waals surface area contributed by atoms with Gasteiger partial charge in [0.15, 0.2) is 11.6 Å². The molecule has 1 amide bonds. The number of likely N-dealkylation sites (tertiary alicyclic amines) is 1. The van der Waals surface area contributed by atoms with Crippen LogP contribution in [0.2, 0.25) is 0 Å². The molecular formula is C17H21FN4O3. The number of aliphatic hydroxyl groups is 1. The number of nitrogens with one attached hydrogen (secondary N) is 2. The number of carbonyl (C=O) groups excluding carboxylic acids is 1. The largest absolute Gasteiger partial charge is 0.490 e. The third-order valence-corrected chi connectivity index (χ3v) is 4.14. The van der Waals surface area contributed by atoms with Gasteiger partial charge >= 0.3 is 0 Å². The number of aliphatic hydroxyl groups excluding tert-OH is 1. The van der Waals surface area contributed by atoms with Crippen LogP contribution < -0.4 is 10.1 Å². The maximum Gasteiger partial charge on any atom is 0.269 e. The van der Waals surface area contributed by atoms with Crippen molar-refractivity contribution in [2.24, 2.45) is 0 Å². The van der Waals surface area contributed by atoms with Gasteiger partial charge in [0.25, 0.3) is 5.91 Å². The first kappa shape index (κ1) is 17.4. The number of nitrogens with zero attached hydrogens (tertiary/aromatic N) is 2. The molecule has 7 nitrogen and oxygen atoms in total. The van der Waals surface area contributed by atoms with E-state index in [1.54, 1.807) is 24.3 Å². The van der Waals surface area contributed by atoms with E-state index in [0.29, 0.717) is 38.4 Å². The molecule has 8 heteroatoms. The first-order chi connectivity index (χ1) is 12.1. The molecule has 3 N–H and O–H groups in total. The number of amides is 1. The number of aromatic nitrogens is 2. The second-order valence-electron chi connectivity index (χ2n) is 6.01. The number of β-amino-alcohol motifs (C(OH)–C–C–N with tert-alkyl or cyclic N) is 1. The number of carbonyl (C=O) groups is 1. The van der Waals surface area contributed by atoms with Crippen molar-refractivity contribution in [3.8, 4) is 5.75 Å². The van der Waals surface area contributed by atoms with Gasteiger partial charge in [-0.15, -0.1) is 0 Å². The zero-order valence-electron chi connectivity index (χ0n) is 13.7. The van der Waals surface area contributed by atoms with E-state index in [0.717, 1.165) is 0 Å². The maximum absolute atomic E-state index is 13.4. The molecule has 3 rings (SSSR count). The number of hydrogen-bond donors (Lipinski definition) is 3. The first-order valence-corrected chi connectivity index (χ1v) is 8.21. The molecule has 134 valence electrons. The Bertz CT molecular complexity index is 695. The molecule has 1 aromatic carbocycles. The van der Waals surface area contributed by atoms with Crippen LogP contribution in [0.4, 0.5) is 4.39 Å². The van der Waals surface area contributed by atoms with Gasteiger partial charge in [-0.2, -0.15) is 5.10 Å². The SMILES string of the molecule is O=C(N[C@@H]1CN(CCCOc2ccccc2F)C[C@H]1O)c1ccn[nH]1. The van der Waals surface area contributed by atoms with E-state index < -0.39 is 6.10 Å². The van der Waals surface area contributed by atoms with E-state index in [9.17, 15) is 14.3 Å². The van der Waals surface area contributed by atoms with Gasteiger partial charge in [0, 0.05) is 25.8 Å². The van der Waals surface area contributed by atoms with Crippen molar-refractivity contribution >= 4 is 5.91 Å². The minimum atomic E-state index is -0.626. The van der Waals surface area contributed by atoms with Crippen molar-refractivity contribution in [1.82, 2.24) is 20.4 Å². The number of ether oxygens (including phenoxy) is 1. The molecule has 0 bridgehead atoms. The predicted molar refractivity (Wildman–Crippen MR) is 88.8 cm³/mol. The number of aromatic amines is 1. The van der Waals surface area contributed by atoms with Crippen molar-refractivity contribution < 1.29 is 19.0 Å². The van der Waals surface area contributed by atoms with Crippen LogP contribution in [0.3, 0.4) is 0 Å². The average Bonchev–Trinajstić information content (AvgIpc) is 3.24. The summed E-state index contributed by atoms with van der Waals surface area (Å²) in [4.78, 5) is 14.0. The van der Waals surface area contributed by atoms with Crippen LogP contribution in [-0.4, -0.2) is 64.5 Å². The summed E-state index contributed by atoms with van der Waals surface area (Å²) in [5.41, 5.74) is 0.365. The highest BCUT2D eigenvalue weighted by atomic mass is 19.1. The standard InChI is InChI=1S/C17H21FN4O3/c18-12-4-1-2-5-16(12)25-9-3-8-22-10-14(15(23)11-22)20-17(24)13-6-7-19-21-13/h1-2,4-7,14-15,23H,3,8-11H2,(H,19,21)(H,20,24)/t14-,15-/m1/s1. The van der Waals surface area contributed by atoms with Crippen molar-refractivity contribution in [1.29, 1.82) is 0 Å². The van der Waals surface area contributed by atoms with E-state index in [4.69, 9.17) is 4.74 Å². The topological polar surface area (TPSA) is 90.5 Å². The number of hydrogen-bond acceptors (Lipinski definition) is 5. The van der Waals surface area contributed by atoms with Gasteiger partial charge in [0.2, 0.25) is 0 Å². The fourth-order valence-electron chi connectivity index (χ4n) is 2.85. The molecule has 0 unspecified atom stereocenters. The Kier molecular flexibility index (Phi) is 5.62. The van der Waals surface area contributed by atoms with E-state index in [1.807, 2.05) is 4.90 Å². The van der Waals surface area contributed by atoms with Crippen LogP contribution in [-0.2, 0) is 0 Å². The van der Waals surface area contributed by atoms with Gasteiger partial charge < -0.3 is 15.2 Å². The number of H-pyrrole nitrogens is 1. The Hall–Kier alpha value is -2.45. The molecule has 1 aliphatic heterocycles. The summed E-state index contributed by atoms with van der Waals surface area (Å²) in [7, 11) is 0. The number of para-hydroxylation sites is 1. The Morgan fingerprint density at radius 1 is 1.40 bits per heavy atom. The molecule has 1 fully saturated rings. The predicted octanol–water partition coefficient (Wildman–Crippen LogP) is 0.793. The number of benzene rings is 1. The lowest BCUT2D eigenvalue weighted by Crippen LogP contribution is -2.43. The minimum absolute atomic E-state index is 0.244. The highest BCUT2D eigenvalue weighted by molar-refractivity contribution is 5.92. The lowest BCUT2D eigenvalue weighted by Gasteiger charge is -2.16. The van der Waals surface area contributed by atoms with Gasteiger partial charge in [0.05, 0.1) is 18.8 Å². The smallest absolute Gasteiger partial charge is 0.269 e. The molecule has 0 radical (unpaired) electrons. The van der Waals surface area contributed by atoms with Crippen molar-refractivity contribution in [3.63, 3.8) is 0 Å². The fourth-order valence-corrected chi connectivity index (χ4v) is 2.85. The molecule has 1 aliphatic rings. The summed E-state index contributed by atoms with van der Waals surface area (Å²) in [6.07, 6.45) is 1.57. The quantitative estimate of drug-likeness (QED) is 0.644. The lowest BCUT2D eigenvalue weighted by molar-refractivity contribution is 0.0883. The number of halogens is 1. The summed E-state index contributed by atoms with van der Waals surface area (Å²) < 4.78 is 18.9. The van der Waals surface area contributed by atoms with Crippen LogP contribution >= 0.6 is 0 Å². The molecular weight excluding hydrogens is 327 g/mol. The summed E-state index contributed by atoms with van der Waals surface area (Å²) in [6.45, 7) is 2.12. The zero-order valence-corrected chi connectivity index (χ0v) is 13.7. The average molecular weight is 348 g/mol. The summed E-state index contributed by atoms with van der Waals surface area (Å²) in [5.74, 6) is -0.416. The molecule has 2 atom stereocenters. The highest BCUT2D eigenvalue weighted by Gasteiger charge is 2.32. The second kappa shape index (κ2) is 8.09. The van der Waals surface area contributed by atoms with Gasteiger partial charge in [0.1, 0.15) is 5.69 Å². The molecule has 0 spiro atoms. The molecule has 1 aromatic heterocycles. The van der Waals surface area contributed by atoms with Crippen LogP contribution in [0.15, 0.2) is 36.5 Å². The van der Waals surface area contributed by atoms with Crippen LogP contribution in [0, 0.1) is 5.82 Å². The first-order valence-electron chi connectivity index (χ1n) is 8.21. The summed E-state index contributed by atoms with van der Waals surface area (Å²) in [6, 6.07) is 7.54. The van der Waals surface area contributed by atoms with Gasteiger partial charge in [-0.25, -0.2) is 4.39 Å². The third kappa shape index (κ3) is 4.55. The third-order valence-electron chi connectivity index (χ3n) is 4.14.